The molecule has 0 bridgehead atoms. The molecule has 0 N–H and O–H groups in total. The van der Waals surface area contributed by atoms with E-state index in [1.165, 1.54) is 0 Å². The van der Waals surface area contributed by atoms with E-state index in [1.807, 2.05) is 4.90 Å². The second-order valence-corrected chi connectivity index (χ2v) is 2.70. The molecule has 0 aliphatic carbocycles. The zero-order chi connectivity index (χ0) is 8.39. The highest BCUT2D eigenvalue weighted by Gasteiger charge is 2.15. The molecule has 1 fully saturated rings. The van der Waals surface area contributed by atoms with Crippen molar-refractivity contribution in [2.75, 3.05) is 31.2 Å². The van der Waals surface area contributed by atoms with Crippen LogP contribution in [0.5, 0.6) is 0 Å². The van der Waals surface area contributed by atoms with Crippen molar-refractivity contribution in [1.82, 2.24) is 10.2 Å². The maximum absolute atomic E-state index is 5.27. The first-order valence-corrected chi connectivity index (χ1v) is 3.99. The monoisotopic (exact) mass is 169 g/mol. The van der Waals surface area contributed by atoms with E-state index in [2.05, 4.69) is 10.2 Å². The summed E-state index contributed by atoms with van der Waals surface area (Å²) in [5.41, 5.74) is 0. The van der Waals surface area contributed by atoms with E-state index in [-0.39, 0.29) is 0 Å². The average Bonchev–Trinajstić information content (AvgIpc) is 2.54. The van der Waals surface area contributed by atoms with Crippen molar-refractivity contribution < 1.29 is 9.15 Å². The van der Waals surface area contributed by atoms with Gasteiger partial charge in [0.25, 0.3) is 0 Å². The first-order valence-electron chi connectivity index (χ1n) is 3.99. The Morgan fingerprint density at radius 3 is 2.58 bits per heavy atom. The summed E-state index contributed by atoms with van der Waals surface area (Å²) in [6, 6.07) is 0.607. The summed E-state index contributed by atoms with van der Waals surface area (Å²) in [6.45, 7) is 4.93. The van der Waals surface area contributed by atoms with E-state index in [0.717, 1.165) is 26.3 Å². The van der Waals surface area contributed by atoms with Gasteiger partial charge in [0.2, 0.25) is 5.89 Å². The fraction of sp³-hybridized carbons (Fsp3) is 0.714. The van der Waals surface area contributed by atoms with E-state index in [1.54, 1.807) is 6.92 Å². The first-order chi connectivity index (χ1) is 5.86. The predicted molar refractivity (Wildman–Crippen MR) is 42.1 cm³/mol. The highest BCUT2D eigenvalue weighted by molar-refractivity contribution is 5.24. The lowest BCUT2D eigenvalue weighted by Gasteiger charge is -2.24. The SMILES string of the molecule is Cc1nnc(N2CCOCC2)o1. The van der Waals surface area contributed by atoms with Gasteiger partial charge in [0.05, 0.1) is 13.2 Å². The largest absolute Gasteiger partial charge is 0.408 e. The molecule has 12 heavy (non-hydrogen) atoms. The van der Waals surface area contributed by atoms with E-state index in [9.17, 15) is 0 Å². The van der Waals surface area contributed by atoms with Crippen LogP contribution in [-0.4, -0.2) is 36.5 Å². The molecule has 1 aromatic rings. The summed E-state index contributed by atoms with van der Waals surface area (Å²) < 4.78 is 10.5. The Labute approximate surface area is 70.3 Å². The summed E-state index contributed by atoms with van der Waals surface area (Å²) >= 11 is 0. The van der Waals surface area contributed by atoms with Crippen LogP contribution in [0, 0.1) is 6.92 Å². The Hall–Kier alpha value is -1.10. The lowest BCUT2D eigenvalue weighted by atomic mass is 10.5. The lowest BCUT2D eigenvalue weighted by Crippen LogP contribution is -2.36. The third-order valence-corrected chi connectivity index (χ3v) is 1.80. The molecule has 0 radical (unpaired) electrons. The van der Waals surface area contributed by atoms with Crippen LogP contribution in [0.3, 0.4) is 0 Å². The van der Waals surface area contributed by atoms with Gasteiger partial charge in [-0.2, -0.15) is 0 Å². The summed E-state index contributed by atoms with van der Waals surface area (Å²) in [6.07, 6.45) is 0. The second kappa shape index (κ2) is 3.10. The molecule has 1 aliphatic rings. The summed E-state index contributed by atoms with van der Waals surface area (Å²) in [4.78, 5) is 2.03. The lowest BCUT2D eigenvalue weighted by molar-refractivity contribution is 0.120. The first kappa shape index (κ1) is 7.54. The number of nitrogens with zero attached hydrogens (tertiary/aromatic N) is 3. The summed E-state index contributed by atoms with van der Waals surface area (Å²) in [7, 11) is 0. The van der Waals surface area contributed by atoms with Gasteiger partial charge in [-0.25, -0.2) is 0 Å². The molecule has 0 atom stereocenters. The fourth-order valence-electron chi connectivity index (χ4n) is 1.17. The zero-order valence-corrected chi connectivity index (χ0v) is 6.99. The van der Waals surface area contributed by atoms with Crippen molar-refractivity contribution in [2.45, 2.75) is 6.92 Å². The highest BCUT2D eigenvalue weighted by atomic mass is 16.5. The molecule has 0 saturated carbocycles. The standard InChI is InChI=1S/C7H11N3O2/c1-6-8-9-7(12-6)10-2-4-11-5-3-10/h2-5H2,1H3. The van der Waals surface area contributed by atoms with E-state index >= 15 is 0 Å². The number of morpholine rings is 1. The average molecular weight is 169 g/mol. The molecule has 1 aliphatic heterocycles. The third-order valence-electron chi connectivity index (χ3n) is 1.80. The van der Waals surface area contributed by atoms with Crippen LogP contribution in [0.4, 0.5) is 6.01 Å². The topological polar surface area (TPSA) is 51.4 Å². The number of hydrogen-bond donors (Lipinski definition) is 0. The van der Waals surface area contributed by atoms with Crippen molar-refractivity contribution in [3.63, 3.8) is 0 Å². The van der Waals surface area contributed by atoms with E-state index in [4.69, 9.17) is 9.15 Å². The minimum Gasteiger partial charge on any atom is -0.408 e. The maximum Gasteiger partial charge on any atom is 0.318 e. The zero-order valence-electron chi connectivity index (χ0n) is 6.99. The molecule has 1 saturated heterocycles. The number of ether oxygens (including phenoxy) is 1. The molecular weight excluding hydrogens is 158 g/mol. The van der Waals surface area contributed by atoms with Crippen LogP contribution < -0.4 is 4.90 Å². The van der Waals surface area contributed by atoms with Gasteiger partial charge in [-0.1, -0.05) is 5.10 Å². The van der Waals surface area contributed by atoms with Crippen LogP contribution in [-0.2, 0) is 4.74 Å². The molecule has 2 heterocycles. The van der Waals surface area contributed by atoms with Gasteiger partial charge in [0.1, 0.15) is 0 Å². The number of aromatic nitrogens is 2. The van der Waals surface area contributed by atoms with Gasteiger partial charge in [-0.15, -0.1) is 5.10 Å². The number of hydrogen-bond acceptors (Lipinski definition) is 5. The molecule has 0 amide bonds. The van der Waals surface area contributed by atoms with Crippen LogP contribution in [0.25, 0.3) is 0 Å². The van der Waals surface area contributed by atoms with Gasteiger partial charge < -0.3 is 14.1 Å². The second-order valence-electron chi connectivity index (χ2n) is 2.70. The molecule has 2 rings (SSSR count). The van der Waals surface area contributed by atoms with Crippen LogP contribution in [0.2, 0.25) is 0 Å². The van der Waals surface area contributed by atoms with Crippen molar-refractivity contribution in [3.8, 4) is 0 Å². The Morgan fingerprint density at radius 1 is 1.25 bits per heavy atom. The minimum atomic E-state index is 0.607. The van der Waals surface area contributed by atoms with Crippen molar-refractivity contribution in [2.24, 2.45) is 0 Å². The molecule has 0 aromatic carbocycles. The normalized spacial score (nSPS) is 18.2. The predicted octanol–water partition coefficient (Wildman–Crippen LogP) is 0.215. The number of anilines is 1. The van der Waals surface area contributed by atoms with Crippen LogP contribution >= 0.6 is 0 Å². The van der Waals surface area contributed by atoms with Gasteiger partial charge >= 0.3 is 6.01 Å². The maximum atomic E-state index is 5.27. The highest BCUT2D eigenvalue weighted by Crippen LogP contribution is 2.12. The molecule has 0 unspecified atom stereocenters. The van der Waals surface area contributed by atoms with Crippen molar-refractivity contribution in [1.29, 1.82) is 0 Å². The van der Waals surface area contributed by atoms with Crippen LogP contribution in [0.1, 0.15) is 5.89 Å². The van der Waals surface area contributed by atoms with Gasteiger partial charge in [-0.05, 0) is 0 Å². The van der Waals surface area contributed by atoms with Gasteiger partial charge in [-0.3, -0.25) is 0 Å². The van der Waals surface area contributed by atoms with Gasteiger partial charge in [0, 0.05) is 20.0 Å². The molecule has 5 heteroatoms. The molecule has 66 valence electrons. The Bertz CT molecular complexity index is 255. The quantitative estimate of drug-likeness (QED) is 0.601. The third kappa shape index (κ3) is 1.40. The van der Waals surface area contributed by atoms with Gasteiger partial charge in [0.15, 0.2) is 0 Å². The van der Waals surface area contributed by atoms with Crippen molar-refractivity contribution in [3.05, 3.63) is 5.89 Å². The molecule has 5 nitrogen and oxygen atoms in total. The smallest absolute Gasteiger partial charge is 0.318 e. The number of aryl methyl sites for hydroxylation is 1. The minimum absolute atomic E-state index is 0.607. The van der Waals surface area contributed by atoms with Crippen LogP contribution in [0.15, 0.2) is 4.42 Å². The van der Waals surface area contributed by atoms with E-state index in [0.29, 0.717) is 11.9 Å². The Morgan fingerprint density at radius 2 is 2.00 bits per heavy atom. The molecular formula is C7H11N3O2. The fourth-order valence-corrected chi connectivity index (χ4v) is 1.17. The van der Waals surface area contributed by atoms with E-state index < -0.39 is 0 Å². The Kier molecular flexibility index (Phi) is 1.95. The summed E-state index contributed by atoms with van der Waals surface area (Å²) in [5.74, 6) is 0.608. The summed E-state index contributed by atoms with van der Waals surface area (Å²) in [5, 5.41) is 7.69. The molecule has 0 spiro atoms. The van der Waals surface area contributed by atoms with Crippen molar-refractivity contribution >= 4 is 6.01 Å². The number of rotatable bonds is 1. The Balaban J connectivity index is 2.08. The molecule has 1 aromatic heterocycles.